The highest BCUT2D eigenvalue weighted by molar-refractivity contribution is 7.89. The highest BCUT2D eigenvalue weighted by Gasteiger charge is 2.47. The fourth-order valence-electron chi connectivity index (χ4n) is 0.919. The fourth-order valence-corrected chi connectivity index (χ4v) is 1.98. The van der Waals surface area contributed by atoms with Gasteiger partial charge in [-0.3, -0.25) is 0 Å². The van der Waals surface area contributed by atoms with E-state index in [1.165, 1.54) is 23.5 Å². The lowest BCUT2D eigenvalue weighted by molar-refractivity contribution is -0.210. The third kappa shape index (κ3) is 2.30. The second-order valence-electron chi connectivity index (χ2n) is 2.61. The highest BCUT2D eigenvalue weighted by atomic mass is 32.2. The van der Waals surface area contributed by atoms with Crippen molar-refractivity contribution in [2.24, 2.45) is 5.29 Å². The van der Waals surface area contributed by atoms with Crippen molar-refractivity contribution in [3.63, 3.8) is 0 Å². The molecule has 9 heteroatoms. The summed E-state index contributed by atoms with van der Waals surface area (Å²) in [5.74, 6) is 0. The van der Waals surface area contributed by atoms with Crippen LogP contribution < -0.4 is 0 Å². The SMILES string of the molecule is O=NN(C(F)(F)F)S(=O)(=O)c1ccccc1. The Balaban J connectivity index is 3.26. The Morgan fingerprint density at radius 3 is 2.00 bits per heavy atom. The number of halogens is 3. The summed E-state index contributed by atoms with van der Waals surface area (Å²) in [4.78, 5) is 9.29. The molecule has 5 nitrogen and oxygen atoms in total. The van der Waals surface area contributed by atoms with Crippen LogP contribution in [0.3, 0.4) is 0 Å². The first-order valence-corrected chi connectivity index (χ1v) is 5.24. The lowest BCUT2D eigenvalue weighted by atomic mass is 10.4. The maximum absolute atomic E-state index is 12.2. The maximum atomic E-state index is 12.2. The third-order valence-electron chi connectivity index (χ3n) is 1.56. The molecule has 1 aromatic rings. The van der Waals surface area contributed by atoms with Gasteiger partial charge in [-0.05, 0) is 12.1 Å². The van der Waals surface area contributed by atoms with Gasteiger partial charge in [0.05, 0.1) is 10.2 Å². The predicted molar refractivity (Wildman–Crippen MR) is 47.3 cm³/mol. The minimum atomic E-state index is -5.38. The van der Waals surface area contributed by atoms with Crippen LogP contribution in [0.25, 0.3) is 0 Å². The molecule has 0 amide bonds. The lowest BCUT2D eigenvalue weighted by Crippen LogP contribution is -2.38. The molecule has 0 bridgehead atoms. The van der Waals surface area contributed by atoms with Crippen molar-refractivity contribution < 1.29 is 21.6 Å². The van der Waals surface area contributed by atoms with Crippen molar-refractivity contribution in [2.45, 2.75) is 11.2 Å². The van der Waals surface area contributed by atoms with Crippen molar-refractivity contribution in [1.82, 2.24) is 4.41 Å². The van der Waals surface area contributed by atoms with Crippen LogP contribution >= 0.6 is 0 Å². The molecule has 0 heterocycles. The molecule has 88 valence electrons. The molecule has 1 aromatic carbocycles. The molecular weight excluding hydrogens is 249 g/mol. The maximum Gasteiger partial charge on any atom is 0.517 e. The first-order chi connectivity index (χ1) is 7.30. The Morgan fingerprint density at radius 2 is 1.62 bits per heavy atom. The van der Waals surface area contributed by atoms with Gasteiger partial charge in [-0.2, -0.15) is 8.42 Å². The Hall–Kier alpha value is -1.64. The van der Waals surface area contributed by atoms with Crippen molar-refractivity contribution in [2.75, 3.05) is 0 Å². The van der Waals surface area contributed by atoms with E-state index in [1.54, 1.807) is 0 Å². The van der Waals surface area contributed by atoms with Gasteiger partial charge in [-0.1, -0.05) is 22.6 Å². The molecule has 16 heavy (non-hydrogen) atoms. The smallest absolute Gasteiger partial charge is 0.199 e. The molecule has 0 radical (unpaired) electrons. The summed E-state index contributed by atoms with van der Waals surface area (Å²) in [6.07, 6.45) is -5.38. The molecule has 0 aliphatic rings. The van der Waals surface area contributed by atoms with E-state index in [0.29, 0.717) is 0 Å². The number of rotatable bonds is 3. The van der Waals surface area contributed by atoms with E-state index in [4.69, 9.17) is 0 Å². The Kier molecular flexibility index (Phi) is 3.17. The van der Waals surface area contributed by atoms with Crippen molar-refractivity contribution in [3.05, 3.63) is 35.2 Å². The van der Waals surface area contributed by atoms with Gasteiger partial charge < -0.3 is 0 Å². The molecule has 0 atom stereocenters. The second-order valence-corrected chi connectivity index (χ2v) is 4.38. The summed E-state index contributed by atoms with van der Waals surface area (Å²) in [6.45, 7) is 0. The Labute approximate surface area is 88.5 Å². The van der Waals surface area contributed by atoms with Crippen LogP contribution in [0.15, 0.2) is 40.5 Å². The summed E-state index contributed by atoms with van der Waals surface area (Å²) in [5.41, 5.74) is 0. The normalized spacial score (nSPS) is 12.2. The molecule has 0 spiro atoms. The summed E-state index contributed by atoms with van der Waals surface area (Å²) in [6, 6.07) is 5.74. The molecule has 0 aromatic heterocycles. The number of nitroso groups, excluding NO2 is 1. The first-order valence-electron chi connectivity index (χ1n) is 3.80. The Morgan fingerprint density at radius 1 is 1.12 bits per heavy atom. The third-order valence-corrected chi connectivity index (χ3v) is 3.16. The van der Waals surface area contributed by atoms with Gasteiger partial charge in [0.15, 0.2) is 0 Å². The standard InChI is InChI=1S/C7H5F3N2O3S/c8-7(9,10)12(11-13)16(14,15)6-4-2-1-3-5-6/h1-5H. The van der Waals surface area contributed by atoms with Crippen molar-refractivity contribution >= 4 is 10.0 Å². The van der Waals surface area contributed by atoms with Gasteiger partial charge in [0.2, 0.25) is 0 Å². The summed E-state index contributed by atoms with van der Waals surface area (Å²) in [7, 11) is -4.98. The van der Waals surface area contributed by atoms with Gasteiger partial charge in [0.25, 0.3) is 10.0 Å². The van der Waals surface area contributed by atoms with E-state index in [2.05, 4.69) is 0 Å². The van der Waals surface area contributed by atoms with E-state index in [9.17, 15) is 26.5 Å². The number of hydrogen-bond donors (Lipinski definition) is 0. The topological polar surface area (TPSA) is 66.8 Å². The zero-order valence-electron chi connectivity index (χ0n) is 7.55. The van der Waals surface area contributed by atoms with E-state index >= 15 is 0 Å². The molecule has 0 saturated heterocycles. The van der Waals surface area contributed by atoms with E-state index in [1.807, 2.05) is 0 Å². The summed E-state index contributed by atoms with van der Waals surface area (Å²) >= 11 is 0. The zero-order valence-corrected chi connectivity index (χ0v) is 8.36. The minimum absolute atomic E-state index is 0.660. The van der Waals surface area contributed by atoms with Gasteiger partial charge in [0.1, 0.15) is 0 Å². The Bertz CT molecular complexity index is 471. The van der Waals surface area contributed by atoms with Gasteiger partial charge in [0, 0.05) is 0 Å². The molecule has 0 N–H and O–H groups in total. The van der Waals surface area contributed by atoms with Crippen LogP contribution in [0.1, 0.15) is 0 Å². The monoisotopic (exact) mass is 254 g/mol. The highest BCUT2D eigenvalue weighted by Crippen LogP contribution is 2.28. The van der Waals surface area contributed by atoms with Gasteiger partial charge in [-0.15, -0.1) is 18.1 Å². The van der Waals surface area contributed by atoms with Crippen molar-refractivity contribution in [3.8, 4) is 0 Å². The summed E-state index contributed by atoms with van der Waals surface area (Å²) in [5, 5.41) is 1.48. The number of sulfonamides is 1. The number of hydrogen-bond acceptors (Lipinski definition) is 4. The fraction of sp³-hybridized carbons (Fsp3) is 0.143. The van der Waals surface area contributed by atoms with E-state index < -0.39 is 25.6 Å². The van der Waals surface area contributed by atoms with E-state index in [-0.39, 0.29) is 0 Å². The minimum Gasteiger partial charge on any atom is -0.199 e. The molecule has 0 fully saturated rings. The van der Waals surface area contributed by atoms with Gasteiger partial charge in [-0.25, -0.2) is 0 Å². The van der Waals surface area contributed by atoms with Crippen molar-refractivity contribution in [1.29, 1.82) is 0 Å². The first kappa shape index (κ1) is 12.4. The molecule has 0 aliphatic carbocycles. The molecule has 0 aliphatic heterocycles. The van der Waals surface area contributed by atoms with Crippen LogP contribution in [-0.2, 0) is 10.0 Å². The van der Waals surface area contributed by atoms with Crippen LogP contribution in [0.4, 0.5) is 13.2 Å². The number of alkyl halides is 3. The average molecular weight is 254 g/mol. The largest absolute Gasteiger partial charge is 0.517 e. The van der Waals surface area contributed by atoms with Gasteiger partial charge >= 0.3 is 6.30 Å². The zero-order chi connectivity index (χ0) is 12.4. The lowest BCUT2D eigenvalue weighted by Gasteiger charge is -2.17. The van der Waals surface area contributed by atoms with Crippen LogP contribution in [0.5, 0.6) is 0 Å². The molecular formula is C7H5F3N2O3S. The van der Waals surface area contributed by atoms with Crippen LogP contribution in [0.2, 0.25) is 0 Å². The molecule has 1 rings (SSSR count). The quantitative estimate of drug-likeness (QED) is 0.470. The van der Waals surface area contributed by atoms with Crippen LogP contribution in [0, 0.1) is 4.91 Å². The number of benzene rings is 1. The summed E-state index contributed by atoms with van der Waals surface area (Å²) < 4.78 is 57.7. The average Bonchev–Trinajstić information content (AvgIpc) is 2.17. The van der Waals surface area contributed by atoms with Crippen LogP contribution in [-0.4, -0.2) is 19.1 Å². The molecule has 0 saturated carbocycles. The van der Waals surface area contributed by atoms with E-state index in [0.717, 1.165) is 12.1 Å². The second kappa shape index (κ2) is 4.08. The molecule has 0 unspecified atom stereocenters. The predicted octanol–water partition coefficient (Wildman–Crippen LogP) is 1.88. The number of nitrogens with zero attached hydrogens (tertiary/aromatic N) is 2.